The molecule has 7 heteroatoms. The first kappa shape index (κ1) is 18.5. The SMILES string of the molecule is O=C1N/C(=C/c2ccc(N3CCOCC3)cc2)C(=O)N1Cc1ccccc1Cl. The second-order valence-electron chi connectivity index (χ2n) is 6.66. The van der Waals surface area contributed by atoms with E-state index in [4.69, 9.17) is 16.3 Å². The largest absolute Gasteiger partial charge is 0.378 e. The van der Waals surface area contributed by atoms with Gasteiger partial charge < -0.3 is 15.0 Å². The molecule has 4 rings (SSSR count). The smallest absolute Gasteiger partial charge is 0.329 e. The molecule has 0 atom stereocenters. The van der Waals surface area contributed by atoms with Gasteiger partial charge in [0.15, 0.2) is 0 Å². The van der Waals surface area contributed by atoms with Crippen molar-refractivity contribution in [3.05, 3.63) is 70.4 Å². The van der Waals surface area contributed by atoms with Crippen molar-refractivity contribution in [2.75, 3.05) is 31.2 Å². The van der Waals surface area contributed by atoms with Gasteiger partial charge in [-0.05, 0) is 35.4 Å². The quantitative estimate of drug-likeness (QED) is 0.635. The predicted molar refractivity (Wildman–Crippen MR) is 108 cm³/mol. The van der Waals surface area contributed by atoms with E-state index in [2.05, 4.69) is 10.2 Å². The van der Waals surface area contributed by atoms with Gasteiger partial charge in [0.05, 0.1) is 19.8 Å². The molecule has 0 aliphatic carbocycles. The average molecular weight is 398 g/mol. The molecule has 2 aliphatic rings. The first-order valence-corrected chi connectivity index (χ1v) is 9.50. The lowest BCUT2D eigenvalue weighted by atomic mass is 10.1. The Bertz CT molecular complexity index is 921. The summed E-state index contributed by atoms with van der Waals surface area (Å²) in [6.07, 6.45) is 1.69. The highest BCUT2D eigenvalue weighted by atomic mass is 35.5. The number of imide groups is 1. The first-order chi connectivity index (χ1) is 13.6. The number of anilines is 1. The molecule has 2 fully saturated rings. The third-order valence-electron chi connectivity index (χ3n) is 4.83. The Kier molecular flexibility index (Phi) is 5.32. The number of ether oxygens (including phenoxy) is 1. The summed E-state index contributed by atoms with van der Waals surface area (Å²) in [6, 6.07) is 14.6. The summed E-state index contributed by atoms with van der Waals surface area (Å²) in [6.45, 7) is 3.33. The summed E-state index contributed by atoms with van der Waals surface area (Å²) >= 11 is 6.15. The third kappa shape index (κ3) is 3.88. The van der Waals surface area contributed by atoms with Crippen LogP contribution in [0.3, 0.4) is 0 Å². The van der Waals surface area contributed by atoms with Gasteiger partial charge in [-0.15, -0.1) is 0 Å². The zero-order valence-electron chi connectivity index (χ0n) is 15.2. The van der Waals surface area contributed by atoms with Crippen LogP contribution in [0.4, 0.5) is 10.5 Å². The molecule has 0 unspecified atom stereocenters. The summed E-state index contributed by atoms with van der Waals surface area (Å²) in [7, 11) is 0. The number of rotatable bonds is 4. The lowest BCUT2D eigenvalue weighted by Crippen LogP contribution is -2.36. The van der Waals surface area contributed by atoms with E-state index in [1.54, 1.807) is 18.2 Å². The monoisotopic (exact) mass is 397 g/mol. The molecule has 0 radical (unpaired) electrons. The molecule has 2 aromatic rings. The number of morpholine rings is 1. The van der Waals surface area contributed by atoms with Crippen molar-refractivity contribution in [1.29, 1.82) is 0 Å². The van der Waals surface area contributed by atoms with Crippen molar-refractivity contribution in [2.24, 2.45) is 0 Å². The predicted octanol–water partition coefficient (Wildman–Crippen LogP) is 3.27. The van der Waals surface area contributed by atoms with E-state index in [1.807, 2.05) is 36.4 Å². The zero-order valence-corrected chi connectivity index (χ0v) is 16.0. The number of carbonyl (C=O) groups excluding carboxylic acids is 2. The number of hydrogen-bond donors (Lipinski definition) is 1. The number of halogens is 1. The summed E-state index contributed by atoms with van der Waals surface area (Å²) in [4.78, 5) is 28.3. The summed E-state index contributed by atoms with van der Waals surface area (Å²) in [5.74, 6) is -0.359. The van der Waals surface area contributed by atoms with Crippen LogP contribution in [0.15, 0.2) is 54.2 Å². The minimum atomic E-state index is -0.443. The summed E-state index contributed by atoms with van der Waals surface area (Å²) < 4.78 is 5.37. The number of hydrogen-bond acceptors (Lipinski definition) is 4. The maximum atomic E-state index is 12.7. The molecule has 0 bridgehead atoms. The van der Waals surface area contributed by atoms with Crippen molar-refractivity contribution in [2.45, 2.75) is 6.54 Å². The number of benzene rings is 2. The number of amides is 3. The summed E-state index contributed by atoms with van der Waals surface area (Å²) in [5, 5.41) is 3.18. The van der Waals surface area contributed by atoms with Crippen molar-refractivity contribution >= 4 is 35.3 Å². The van der Waals surface area contributed by atoms with Crippen LogP contribution in [0.2, 0.25) is 5.02 Å². The van der Waals surface area contributed by atoms with E-state index in [0.717, 1.165) is 48.0 Å². The molecule has 2 aromatic carbocycles. The second kappa shape index (κ2) is 8.04. The standard InChI is InChI=1S/C21H20ClN3O3/c22-18-4-2-1-3-16(18)14-25-20(26)19(23-21(25)27)13-15-5-7-17(8-6-15)24-9-11-28-12-10-24/h1-8,13H,9-12,14H2,(H,23,27)/b19-13+. The van der Waals surface area contributed by atoms with Crippen LogP contribution >= 0.6 is 11.6 Å². The Morgan fingerprint density at radius 2 is 1.75 bits per heavy atom. The third-order valence-corrected chi connectivity index (χ3v) is 5.20. The maximum absolute atomic E-state index is 12.7. The average Bonchev–Trinajstić information content (AvgIpc) is 2.98. The fraction of sp³-hybridized carbons (Fsp3) is 0.238. The van der Waals surface area contributed by atoms with Gasteiger partial charge >= 0.3 is 6.03 Å². The molecular formula is C21H20ClN3O3. The molecule has 2 saturated heterocycles. The minimum Gasteiger partial charge on any atom is -0.378 e. The highest BCUT2D eigenvalue weighted by Crippen LogP contribution is 2.22. The molecule has 2 heterocycles. The van der Waals surface area contributed by atoms with Crippen LogP contribution in [0.5, 0.6) is 0 Å². The number of nitrogens with zero attached hydrogens (tertiary/aromatic N) is 2. The van der Waals surface area contributed by atoms with Gasteiger partial charge in [0, 0.05) is 23.8 Å². The van der Waals surface area contributed by atoms with E-state index in [9.17, 15) is 9.59 Å². The fourth-order valence-electron chi connectivity index (χ4n) is 3.28. The van der Waals surface area contributed by atoms with Gasteiger partial charge in [-0.3, -0.25) is 9.69 Å². The second-order valence-corrected chi connectivity index (χ2v) is 7.07. The molecule has 1 N–H and O–H groups in total. The summed E-state index contributed by atoms with van der Waals surface area (Å²) in [5.41, 5.74) is 2.95. The van der Waals surface area contributed by atoms with Gasteiger partial charge in [0.1, 0.15) is 5.70 Å². The lowest BCUT2D eigenvalue weighted by molar-refractivity contribution is -0.123. The van der Waals surface area contributed by atoms with Crippen molar-refractivity contribution in [3.8, 4) is 0 Å². The van der Waals surface area contributed by atoms with Crippen molar-refractivity contribution in [3.63, 3.8) is 0 Å². The van der Waals surface area contributed by atoms with Crippen LogP contribution in [0.1, 0.15) is 11.1 Å². The number of carbonyl (C=O) groups is 2. The van der Waals surface area contributed by atoms with Crippen LogP contribution in [-0.4, -0.2) is 43.1 Å². The van der Waals surface area contributed by atoms with Crippen molar-refractivity contribution in [1.82, 2.24) is 10.2 Å². The maximum Gasteiger partial charge on any atom is 0.329 e. The van der Waals surface area contributed by atoms with E-state index in [-0.39, 0.29) is 18.1 Å². The molecule has 28 heavy (non-hydrogen) atoms. The Morgan fingerprint density at radius 3 is 2.46 bits per heavy atom. The highest BCUT2D eigenvalue weighted by Gasteiger charge is 2.33. The Labute approximate surface area is 168 Å². The van der Waals surface area contributed by atoms with Crippen molar-refractivity contribution < 1.29 is 14.3 Å². The zero-order chi connectivity index (χ0) is 19.5. The van der Waals surface area contributed by atoms with Gasteiger partial charge in [-0.2, -0.15) is 0 Å². The van der Waals surface area contributed by atoms with E-state index < -0.39 is 6.03 Å². The number of urea groups is 1. The fourth-order valence-corrected chi connectivity index (χ4v) is 3.48. The normalized spacial score (nSPS) is 18.7. The molecule has 144 valence electrons. The van der Waals surface area contributed by atoms with Crippen LogP contribution < -0.4 is 10.2 Å². The highest BCUT2D eigenvalue weighted by molar-refractivity contribution is 6.31. The topological polar surface area (TPSA) is 61.9 Å². The van der Waals surface area contributed by atoms with E-state index in [0.29, 0.717) is 5.02 Å². The van der Waals surface area contributed by atoms with Gasteiger partial charge in [-0.25, -0.2) is 4.79 Å². The van der Waals surface area contributed by atoms with Gasteiger partial charge in [-0.1, -0.05) is 41.9 Å². The van der Waals surface area contributed by atoms with E-state index >= 15 is 0 Å². The molecule has 2 aliphatic heterocycles. The number of nitrogens with one attached hydrogen (secondary N) is 1. The molecule has 3 amide bonds. The van der Waals surface area contributed by atoms with Crippen LogP contribution in [0.25, 0.3) is 6.08 Å². The molecule has 0 spiro atoms. The molecular weight excluding hydrogens is 378 g/mol. The van der Waals surface area contributed by atoms with Gasteiger partial charge in [0.2, 0.25) is 0 Å². The van der Waals surface area contributed by atoms with Gasteiger partial charge in [0.25, 0.3) is 5.91 Å². The molecule has 0 aromatic heterocycles. The Morgan fingerprint density at radius 1 is 1.04 bits per heavy atom. The Hall–Kier alpha value is -2.83. The molecule has 6 nitrogen and oxygen atoms in total. The van der Waals surface area contributed by atoms with Crippen LogP contribution in [-0.2, 0) is 16.1 Å². The minimum absolute atomic E-state index is 0.137. The van der Waals surface area contributed by atoms with E-state index in [1.165, 1.54) is 0 Å². The first-order valence-electron chi connectivity index (χ1n) is 9.12. The van der Waals surface area contributed by atoms with Crippen LogP contribution in [0, 0.1) is 0 Å². The molecule has 0 saturated carbocycles. The Balaban J connectivity index is 1.48. The lowest BCUT2D eigenvalue weighted by Gasteiger charge is -2.28.